The van der Waals surface area contributed by atoms with Gasteiger partial charge < -0.3 is 48.5 Å². The summed E-state index contributed by atoms with van der Waals surface area (Å²) >= 11 is 0. The van der Waals surface area contributed by atoms with Crippen molar-refractivity contribution in [1.29, 1.82) is 0 Å². The van der Waals surface area contributed by atoms with Crippen LogP contribution in [0.1, 0.15) is 52.4 Å². The molecule has 12 N–H and O–H groups in total. The fourth-order valence-corrected chi connectivity index (χ4v) is 3.08. The number of carboxylic acid groups (broad SMARTS) is 3. The fraction of sp³-hybridized carbons (Fsp3) is 0.667. The number of aliphatic carboxylic acids is 3. The lowest BCUT2D eigenvalue weighted by Crippen LogP contribution is -2.57. The third kappa shape index (κ3) is 14.9. The van der Waals surface area contributed by atoms with E-state index < -0.39 is 72.6 Å². The third-order valence-corrected chi connectivity index (χ3v) is 4.92. The van der Waals surface area contributed by atoms with Crippen LogP contribution in [0.2, 0.25) is 0 Å². The van der Waals surface area contributed by atoms with Gasteiger partial charge in [0.1, 0.15) is 18.1 Å². The highest BCUT2D eigenvalue weighted by molar-refractivity contribution is 5.95. The minimum absolute atomic E-state index is 0.00781. The van der Waals surface area contributed by atoms with Crippen molar-refractivity contribution in [1.82, 2.24) is 16.0 Å². The van der Waals surface area contributed by atoms with Crippen LogP contribution in [0.25, 0.3) is 0 Å². The van der Waals surface area contributed by atoms with Gasteiger partial charge in [0.25, 0.3) is 0 Å². The second-order valence-electron chi connectivity index (χ2n) is 8.74. The Balaban J connectivity index is 5.48. The van der Waals surface area contributed by atoms with E-state index in [1.165, 1.54) is 0 Å². The summed E-state index contributed by atoms with van der Waals surface area (Å²) in [7, 11) is 0. The lowest BCUT2D eigenvalue weighted by Gasteiger charge is -2.25. The Hall–Kier alpha value is -3.95. The van der Waals surface area contributed by atoms with Gasteiger partial charge in [0.15, 0.2) is 5.96 Å². The zero-order valence-corrected chi connectivity index (χ0v) is 20.8. The number of hydrogen-bond acceptors (Lipinski definition) is 8. The Morgan fingerprint density at radius 1 is 0.784 bits per heavy atom. The van der Waals surface area contributed by atoms with E-state index >= 15 is 0 Å². The molecule has 0 radical (unpaired) electrons. The smallest absolute Gasteiger partial charge is 0.326 e. The Bertz CT molecular complexity index is 859. The van der Waals surface area contributed by atoms with Crippen LogP contribution < -0.4 is 33.2 Å². The van der Waals surface area contributed by atoms with Gasteiger partial charge in [-0.15, -0.1) is 0 Å². The Kier molecular flexibility index (Phi) is 14.9. The molecule has 0 spiro atoms. The summed E-state index contributed by atoms with van der Waals surface area (Å²) in [5, 5.41) is 34.2. The normalized spacial score (nSPS) is 13.9. The molecular formula is C21H37N7O9. The third-order valence-electron chi connectivity index (χ3n) is 4.92. The van der Waals surface area contributed by atoms with E-state index in [2.05, 4.69) is 20.9 Å². The number of nitrogens with zero attached hydrogens (tertiary/aromatic N) is 1. The number of hydrogen-bond donors (Lipinski definition) is 9. The molecule has 3 amide bonds. The number of carboxylic acids is 3. The molecule has 0 heterocycles. The van der Waals surface area contributed by atoms with Gasteiger partial charge in [-0.1, -0.05) is 13.8 Å². The first-order chi connectivity index (χ1) is 17.1. The molecule has 0 saturated heterocycles. The number of amides is 3. The second-order valence-corrected chi connectivity index (χ2v) is 8.74. The van der Waals surface area contributed by atoms with Crippen LogP contribution in [0.3, 0.4) is 0 Å². The number of rotatable bonds is 18. The van der Waals surface area contributed by atoms with Crippen LogP contribution >= 0.6 is 0 Å². The van der Waals surface area contributed by atoms with Gasteiger partial charge >= 0.3 is 17.9 Å². The van der Waals surface area contributed by atoms with Crippen molar-refractivity contribution in [2.45, 2.75) is 76.5 Å². The number of carbonyl (C=O) groups is 6. The van der Waals surface area contributed by atoms with Crippen LogP contribution in [-0.2, 0) is 28.8 Å². The first kappa shape index (κ1) is 33.0. The maximum atomic E-state index is 12.9. The molecule has 0 aliphatic carbocycles. The summed E-state index contributed by atoms with van der Waals surface area (Å²) in [6.07, 6.45) is -1.21. The molecule has 0 aromatic heterocycles. The first-order valence-electron chi connectivity index (χ1n) is 11.5. The molecule has 0 rings (SSSR count). The van der Waals surface area contributed by atoms with E-state index in [0.717, 1.165) is 0 Å². The fourth-order valence-electron chi connectivity index (χ4n) is 3.08. The van der Waals surface area contributed by atoms with E-state index in [9.17, 15) is 33.9 Å². The van der Waals surface area contributed by atoms with Crippen molar-refractivity contribution in [2.24, 2.45) is 28.1 Å². The van der Waals surface area contributed by atoms with Crippen molar-refractivity contribution in [3.05, 3.63) is 0 Å². The van der Waals surface area contributed by atoms with Crippen molar-refractivity contribution in [2.75, 3.05) is 6.54 Å². The molecule has 210 valence electrons. The molecule has 16 heteroatoms. The molecule has 4 atom stereocenters. The molecule has 0 bridgehead atoms. The monoisotopic (exact) mass is 531 g/mol. The summed E-state index contributed by atoms with van der Waals surface area (Å²) in [6, 6.07) is -5.50. The molecule has 0 aromatic rings. The van der Waals surface area contributed by atoms with Crippen molar-refractivity contribution in [3.63, 3.8) is 0 Å². The van der Waals surface area contributed by atoms with Crippen LogP contribution in [-0.4, -0.2) is 87.6 Å². The molecule has 4 unspecified atom stereocenters. The lowest BCUT2D eigenvalue weighted by molar-refractivity contribution is -0.143. The van der Waals surface area contributed by atoms with E-state index in [1.54, 1.807) is 13.8 Å². The van der Waals surface area contributed by atoms with Crippen molar-refractivity contribution < 1.29 is 44.1 Å². The number of guanidine groups is 1. The van der Waals surface area contributed by atoms with Gasteiger partial charge in [-0.2, -0.15) is 0 Å². The largest absolute Gasteiger partial charge is 0.481 e. The van der Waals surface area contributed by atoms with E-state index in [4.69, 9.17) is 27.4 Å². The summed E-state index contributed by atoms with van der Waals surface area (Å²) in [5.74, 6) is -7.04. The Morgan fingerprint density at radius 2 is 1.32 bits per heavy atom. The van der Waals surface area contributed by atoms with Gasteiger partial charge in [0.2, 0.25) is 17.7 Å². The molecule has 37 heavy (non-hydrogen) atoms. The summed E-state index contributed by atoms with van der Waals surface area (Å²) in [5.41, 5.74) is 16.1. The number of nitrogens with one attached hydrogen (secondary N) is 3. The van der Waals surface area contributed by atoms with Crippen LogP contribution in [0, 0.1) is 5.92 Å². The second kappa shape index (κ2) is 16.7. The lowest BCUT2D eigenvalue weighted by atomic mass is 10.0. The van der Waals surface area contributed by atoms with Crippen molar-refractivity contribution in [3.8, 4) is 0 Å². The van der Waals surface area contributed by atoms with E-state index in [0.29, 0.717) is 0 Å². The standard InChI is InChI=1S/C21H37N7O9/c1-10(2)8-13(18(34)26-12(20(36)37)4-3-7-25-21(23)24)28-19(35)14(9-16(31)32)27-17(33)11(22)5-6-15(29)30/h10-14H,3-9,22H2,1-2H3,(H,26,34)(H,27,33)(H,28,35)(H,29,30)(H,31,32)(H,36,37)(H4,23,24,25). The Labute approximate surface area is 213 Å². The molecule has 0 aliphatic heterocycles. The van der Waals surface area contributed by atoms with Gasteiger partial charge in [0.05, 0.1) is 12.5 Å². The molecule has 16 nitrogen and oxygen atoms in total. The maximum absolute atomic E-state index is 12.9. The van der Waals surface area contributed by atoms with Gasteiger partial charge in [0, 0.05) is 13.0 Å². The number of nitrogens with two attached hydrogens (primary N) is 3. The summed E-state index contributed by atoms with van der Waals surface area (Å²) < 4.78 is 0. The zero-order chi connectivity index (χ0) is 28.7. The molecular weight excluding hydrogens is 494 g/mol. The number of aliphatic imine (C=N–C) groups is 1. The highest BCUT2D eigenvalue weighted by Crippen LogP contribution is 2.08. The summed E-state index contributed by atoms with van der Waals surface area (Å²) in [6.45, 7) is 3.63. The maximum Gasteiger partial charge on any atom is 0.326 e. The van der Waals surface area contributed by atoms with Crippen LogP contribution in [0.15, 0.2) is 4.99 Å². The van der Waals surface area contributed by atoms with Gasteiger partial charge in [-0.05, 0) is 31.6 Å². The topological polar surface area (TPSA) is 290 Å². The molecule has 0 fully saturated rings. The molecule has 0 saturated carbocycles. The van der Waals surface area contributed by atoms with Crippen LogP contribution in [0.4, 0.5) is 0 Å². The average Bonchev–Trinajstić information content (AvgIpc) is 2.77. The van der Waals surface area contributed by atoms with Crippen LogP contribution in [0.5, 0.6) is 0 Å². The predicted molar refractivity (Wildman–Crippen MR) is 130 cm³/mol. The highest BCUT2D eigenvalue weighted by Gasteiger charge is 2.31. The first-order valence-corrected chi connectivity index (χ1v) is 11.5. The average molecular weight is 532 g/mol. The van der Waals surface area contributed by atoms with E-state index in [1.807, 2.05) is 0 Å². The Morgan fingerprint density at radius 3 is 1.81 bits per heavy atom. The minimum atomic E-state index is -1.63. The highest BCUT2D eigenvalue weighted by atomic mass is 16.4. The van der Waals surface area contributed by atoms with Crippen molar-refractivity contribution >= 4 is 41.6 Å². The van der Waals surface area contributed by atoms with E-state index in [-0.39, 0.29) is 44.1 Å². The molecule has 0 aliphatic rings. The number of carbonyl (C=O) groups excluding carboxylic acids is 3. The predicted octanol–water partition coefficient (Wildman–Crippen LogP) is -2.71. The SMILES string of the molecule is CC(C)CC(NC(=O)C(CC(=O)O)NC(=O)C(N)CCC(=O)O)C(=O)NC(CCCN=C(N)N)C(=O)O. The minimum Gasteiger partial charge on any atom is -0.481 e. The molecule has 0 aromatic carbocycles. The van der Waals surface area contributed by atoms with Gasteiger partial charge in [-0.3, -0.25) is 29.0 Å². The zero-order valence-electron chi connectivity index (χ0n) is 20.8. The summed E-state index contributed by atoms with van der Waals surface area (Å²) in [4.78, 5) is 75.2. The quantitative estimate of drug-likeness (QED) is 0.0495. The van der Waals surface area contributed by atoms with Gasteiger partial charge in [-0.25, -0.2) is 4.79 Å².